The largest absolute Gasteiger partial charge is 0.477 e. The molecular formula is C11H11N3O2S. The first kappa shape index (κ1) is 11.7. The molecule has 0 aliphatic rings. The highest BCUT2D eigenvalue weighted by atomic mass is 32.1. The smallest absolute Gasteiger partial charge is 0.354 e. The summed E-state index contributed by atoms with van der Waals surface area (Å²) < 4.78 is 0. The first-order chi connectivity index (χ1) is 8.04. The van der Waals surface area contributed by atoms with E-state index in [9.17, 15) is 4.79 Å². The van der Waals surface area contributed by atoms with Gasteiger partial charge in [-0.15, -0.1) is 11.3 Å². The van der Waals surface area contributed by atoms with Gasteiger partial charge in [0.1, 0.15) is 5.82 Å². The first-order valence-corrected chi connectivity index (χ1v) is 5.91. The van der Waals surface area contributed by atoms with E-state index in [1.807, 2.05) is 12.3 Å². The monoisotopic (exact) mass is 249 g/mol. The van der Waals surface area contributed by atoms with Crippen molar-refractivity contribution in [1.29, 1.82) is 0 Å². The number of rotatable bonds is 3. The lowest BCUT2D eigenvalue weighted by atomic mass is 10.3. The molecule has 1 N–H and O–H groups in total. The fraction of sp³-hybridized carbons (Fsp3) is 0.273. The third kappa shape index (κ3) is 2.85. The Hall–Kier alpha value is -1.82. The summed E-state index contributed by atoms with van der Waals surface area (Å²) in [5.41, 5.74) is 1.55. The van der Waals surface area contributed by atoms with E-state index in [1.54, 1.807) is 18.3 Å². The van der Waals surface area contributed by atoms with Crippen LogP contribution in [0.1, 0.15) is 32.7 Å². The maximum atomic E-state index is 10.9. The summed E-state index contributed by atoms with van der Waals surface area (Å²) in [5, 5.41) is 11.8. The van der Waals surface area contributed by atoms with E-state index in [-0.39, 0.29) is 5.69 Å². The van der Waals surface area contributed by atoms with Crippen LogP contribution in [0.25, 0.3) is 0 Å². The molecule has 2 heterocycles. The average Bonchev–Trinajstić information content (AvgIpc) is 2.63. The minimum atomic E-state index is -1.04. The van der Waals surface area contributed by atoms with Crippen LogP contribution in [0.3, 0.4) is 0 Å². The third-order valence-corrected chi connectivity index (χ3v) is 2.95. The van der Waals surface area contributed by atoms with Gasteiger partial charge in [0.05, 0.1) is 17.1 Å². The Bertz CT molecular complexity index is 566. The van der Waals surface area contributed by atoms with E-state index < -0.39 is 5.97 Å². The van der Waals surface area contributed by atoms with Gasteiger partial charge in [-0.05, 0) is 19.9 Å². The van der Waals surface area contributed by atoms with Crippen LogP contribution in [-0.4, -0.2) is 26.0 Å². The molecule has 2 rings (SSSR count). The number of nitrogens with zero attached hydrogens (tertiary/aromatic N) is 3. The van der Waals surface area contributed by atoms with Crippen molar-refractivity contribution in [2.24, 2.45) is 0 Å². The number of hydrogen-bond donors (Lipinski definition) is 1. The van der Waals surface area contributed by atoms with Gasteiger partial charge in [0.2, 0.25) is 0 Å². The lowest BCUT2D eigenvalue weighted by Crippen LogP contribution is -2.07. The van der Waals surface area contributed by atoms with Crippen LogP contribution in [0.4, 0.5) is 0 Å². The molecule has 2 aromatic heterocycles. The number of aromatic carboxylic acids is 1. The molecule has 0 aliphatic heterocycles. The van der Waals surface area contributed by atoms with Crippen molar-refractivity contribution in [3.8, 4) is 0 Å². The van der Waals surface area contributed by atoms with Gasteiger partial charge in [0.25, 0.3) is 0 Å². The van der Waals surface area contributed by atoms with Crippen LogP contribution in [0, 0.1) is 13.8 Å². The molecule has 0 amide bonds. The van der Waals surface area contributed by atoms with Gasteiger partial charge < -0.3 is 5.11 Å². The molecule has 0 aromatic carbocycles. The van der Waals surface area contributed by atoms with Gasteiger partial charge in [-0.2, -0.15) is 0 Å². The molecule has 0 bridgehead atoms. The van der Waals surface area contributed by atoms with Crippen molar-refractivity contribution in [3.05, 3.63) is 39.4 Å². The molecule has 6 heteroatoms. The van der Waals surface area contributed by atoms with Crippen LogP contribution >= 0.6 is 11.3 Å². The highest BCUT2D eigenvalue weighted by Crippen LogP contribution is 2.11. The maximum Gasteiger partial charge on any atom is 0.354 e. The summed E-state index contributed by atoms with van der Waals surface area (Å²) in [5.74, 6) is -0.543. The van der Waals surface area contributed by atoms with Crippen LogP contribution in [0.15, 0.2) is 11.4 Å². The lowest BCUT2D eigenvalue weighted by Gasteiger charge is -2.01. The molecule has 0 spiro atoms. The van der Waals surface area contributed by atoms with E-state index >= 15 is 0 Å². The highest BCUT2D eigenvalue weighted by molar-refractivity contribution is 7.09. The van der Waals surface area contributed by atoms with Gasteiger partial charge in [-0.3, -0.25) is 0 Å². The summed E-state index contributed by atoms with van der Waals surface area (Å²) in [6, 6.07) is 1.46. The van der Waals surface area contributed by atoms with Crippen molar-refractivity contribution in [1.82, 2.24) is 15.0 Å². The molecular weight excluding hydrogens is 238 g/mol. The van der Waals surface area contributed by atoms with E-state index in [4.69, 9.17) is 5.11 Å². The quantitative estimate of drug-likeness (QED) is 0.898. The normalized spacial score (nSPS) is 10.5. The first-order valence-electron chi connectivity index (χ1n) is 5.03. The summed E-state index contributed by atoms with van der Waals surface area (Å²) in [6.45, 7) is 3.68. The molecule has 0 aliphatic carbocycles. The fourth-order valence-electron chi connectivity index (χ4n) is 1.47. The van der Waals surface area contributed by atoms with E-state index in [0.717, 1.165) is 10.7 Å². The van der Waals surface area contributed by atoms with Crippen molar-refractivity contribution < 1.29 is 9.90 Å². The number of aryl methyl sites for hydroxylation is 2. The summed E-state index contributed by atoms with van der Waals surface area (Å²) >= 11 is 1.56. The Morgan fingerprint density at radius 2 is 2.12 bits per heavy atom. The molecule has 88 valence electrons. The predicted octanol–water partition coefficient (Wildman–Crippen LogP) is 1.84. The molecule has 17 heavy (non-hydrogen) atoms. The lowest BCUT2D eigenvalue weighted by molar-refractivity contribution is 0.0689. The highest BCUT2D eigenvalue weighted by Gasteiger charge is 2.10. The predicted molar refractivity (Wildman–Crippen MR) is 63.4 cm³/mol. The van der Waals surface area contributed by atoms with Gasteiger partial charge in [-0.25, -0.2) is 19.7 Å². The SMILES string of the molecule is Cc1cc(C(=O)O)nc(Cc2csc(C)n2)n1. The molecule has 0 radical (unpaired) electrons. The molecule has 0 saturated carbocycles. The van der Waals surface area contributed by atoms with Crippen LogP contribution in [0.2, 0.25) is 0 Å². The van der Waals surface area contributed by atoms with E-state index in [2.05, 4.69) is 15.0 Å². The zero-order valence-corrected chi connectivity index (χ0v) is 10.3. The maximum absolute atomic E-state index is 10.9. The number of carbonyl (C=O) groups is 1. The number of carboxylic acid groups (broad SMARTS) is 1. The van der Waals surface area contributed by atoms with Crippen molar-refractivity contribution in [3.63, 3.8) is 0 Å². The minimum Gasteiger partial charge on any atom is -0.477 e. The van der Waals surface area contributed by atoms with Gasteiger partial charge in [-0.1, -0.05) is 0 Å². The zero-order chi connectivity index (χ0) is 12.4. The molecule has 0 atom stereocenters. The second-order valence-electron chi connectivity index (χ2n) is 3.65. The van der Waals surface area contributed by atoms with Crippen LogP contribution in [-0.2, 0) is 6.42 Å². The zero-order valence-electron chi connectivity index (χ0n) is 9.47. The standard InChI is InChI=1S/C11H11N3O2S/c1-6-3-9(11(15)16)14-10(12-6)4-8-5-17-7(2)13-8/h3,5H,4H2,1-2H3,(H,15,16). The van der Waals surface area contributed by atoms with Gasteiger partial charge in [0, 0.05) is 11.1 Å². The van der Waals surface area contributed by atoms with Gasteiger partial charge >= 0.3 is 5.97 Å². The Kier molecular flexibility index (Phi) is 3.14. The Morgan fingerprint density at radius 3 is 2.71 bits per heavy atom. The number of carboxylic acids is 1. The summed E-state index contributed by atoms with van der Waals surface area (Å²) in [7, 11) is 0. The average molecular weight is 249 g/mol. The van der Waals surface area contributed by atoms with Crippen LogP contribution in [0.5, 0.6) is 0 Å². The van der Waals surface area contributed by atoms with E-state index in [0.29, 0.717) is 17.9 Å². The number of hydrogen-bond acceptors (Lipinski definition) is 5. The second kappa shape index (κ2) is 4.58. The Labute approximate surface area is 102 Å². The van der Waals surface area contributed by atoms with E-state index in [1.165, 1.54) is 6.07 Å². The minimum absolute atomic E-state index is 0.0273. The molecule has 0 saturated heterocycles. The van der Waals surface area contributed by atoms with Crippen molar-refractivity contribution >= 4 is 17.3 Å². The molecule has 5 nitrogen and oxygen atoms in total. The molecule has 0 unspecified atom stereocenters. The number of thiazole rings is 1. The third-order valence-electron chi connectivity index (χ3n) is 2.13. The van der Waals surface area contributed by atoms with Crippen molar-refractivity contribution in [2.75, 3.05) is 0 Å². The van der Waals surface area contributed by atoms with Crippen LogP contribution < -0.4 is 0 Å². The molecule has 0 fully saturated rings. The Morgan fingerprint density at radius 1 is 1.35 bits per heavy atom. The Balaban J connectivity index is 2.29. The summed E-state index contributed by atoms with van der Waals surface area (Å²) in [6.07, 6.45) is 0.465. The molecule has 2 aromatic rings. The topological polar surface area (TPSA) is 76.0 Å². The van der Waals surface area contributed by atoms with Gasteiger partial charge in [0.15, 0.2) is 5.69 Å². The summed E-state index contributed by atoms with van der Waals surface area (Å²) in [4.78, 5) is 23.4. The second-order valence-corrected chi connectivity index (χ2v) is 4.71. The van der Waals surface area contributed by atoms with Crippen molar-refractivity contribution in [2.45, 2.75) is 20.3 Å². The fourth-order valence-corrected chi connectivity index (χ4v) is 2.08. The number of aromatic nitrogens is 3.